The van der Waals surface area contributed by atoms with Crippen LogP contribution in [0.15, 0.2) is 54.7 Å². The normalized spacial score (nSPS) is 12.1. The second kappa shape index (κ2) is 6.54. The van der Waals surface area contributed by atoms with Crippen molar-refractivity contribution in [3.63, 3.8) is 0 Å². The highest BCUT2D eigenvalue weighted by atomic mass is 16.5. The zero-order chi connectivity index (χ0) is 16.2. The van der Waals surface area contributed by atoms with E-state index in [4.69, 9.17) is 15.2 Å². The molecule has 1 unspecified atom stereocenters. The van der Waals surface area contributed by atoms with Gasteiger partial charge in [-0.05, 0) is 49.4 Å². The lowest BCUT2D eigenvalue weighted by atomic mass is 10.2. The Labute approximate surface area is 134 Å². The fourth-order valence-corrected chi connectivity index (χ4v) is 2.16. The Morgan fingerprint density at radius 1 is 1.09 bits per heavy atom. The minimum Gasteiger partial charge on any atom is -0.491 e. The summed E-state index contributed by atoms with van der Waals surface area (Å²) in [5, 5.41) is 10.2. The van der Waals surface area contributed by atoms with Crippen LogP contribution in [-0.4, -0.2) is 22.8 Å². The maximum absolute atomic E-state index is 9.29. The molecule has 0 spiro atoms. The van der Waals surface area contributed by atoms with Gasteiger partial charge in [0.25, 0.3) is 0 Å². The Hall–Kier alpha value is -2.79. The van der Waals surface area contributed by atoms with Crippen LogP contribution in [0.4, 0.5) is 5.69 Å². The first-order chi connectivity index (χ1) is 11.1. The van der Waals surface area contributed by atoms with Gasteiger partial charge in [-0.3, -0.25) is 4.98 Å². The van der Waals surface area contributed by atoms with Crippen LogP contribution in [0, 0.1) is 0 Å². The van der Waals surface area contributed by atoms with Crippen LogP contribution >= 0.6 is 0 Å². The molecule has 3 aromatic rings. The molecule has 1 aromatic heterocycles. The molecule has 118 valence electrons. The number of benzene rings is 2. The number of nitrogens with two attached hydrogens (primary N) is 1. The van der Waals surface area contributed by atoms with Crippen LogP contribution in [0.5, 0.6) is 17.2 Å². The minimum atomic E-state index is -0.515. The van der Waals surface area contributed by atoms with Crippen molar-refractivity contribution in [3.8, 4) is 17.2 Å². The number of aromatic nitrogens is 1. The first-order valence-corrected chi connectivity index (χ1v) is 7.35. The van der Waals surface area contributed by atoms with Gasteiger partial charge >= 0.3 is 0 Å². The van der Waals surface area contributed by atoms with E-state index in [2.05, 4.69) is 4.98 Å². The van der Waals surface area contributed by atoms with E-state index in [1.54, 1.807) is 25.3 Å². The summed E-state index contributed by atoms with van der Waals surface area (Å²) >= 11 is 0. The Kier molecular flexibility index (Phi) is 4.30. The van der Waals surface area contributed by atoms with E-state index >= 15 is 0 Å². The number of nitrogen functional groups attached to an aromatic ring is 1. The van der Waals surface area contributed by atoms with Crippen molar-refractivity contribution < 1.29 is 14.6 Å². The van der Waals surface area contributed by atoms with Gasteiger partial charge in [-0.2, -0.15) is 0 Å². The molecule has 3 rings (SSSR count). The summed E-state index contributed by atoms with van der Waals surface area (Å²) in [7, 11) is 0. The Bertz CT molecular complexity index is 801. The van der Waals surface area contributed by atoms with Gasteiger partial charge < -0.3 is 20.3 Å². The number of aliphatic hydroxyl groups is 1. The second-order valence-corrected chi connectivity index (χ2v) is 5.32. The maximum atomic E-state index is 9.29. The molecule has 5 heteroatoms. The molecule has 5 nitrogen and oxygen atoms in total. The van der Waals surface area contributed by atoms with Crippen LogP contribution in [0.3, 0.4) is 0 Å². The number of fused-ring (bicyclic) bond motifs is 1. The highest BCUT2D eigenvalue weighted by molar-refractivity contribution is 5.86. The van der Waals surface area contributed by atoms with Crippen LogP contribution in [0.2, 0.25) is 0 Å². The molecule has 3 N–H and O–H groups in total. The number of nitrogens with zero attached hydrogens (tertiary/aromatic N) is 1. The number of rotatable bonds is 5. The standard InChI is InChI=1S/C18H18N2O3/c1-12(21)11-22-15-6-7-16-17(10-15)20-9-8-18(16)23-14-4-2-13(19)3-5-14/h2-10,12,21H,11,19H2,1H3. The molecule has 0 aliphatic carbocycles. The van der Waals surface area contributed by atoms with Gasteiger partial charge in [-0.25, -0.2) is 0 Å². The predicted molar refractivity (Wildman–Crippen MR) is 89.8 cm³/mol. The summed E-state index contributed by atoms with van der Waals surface area (Å²) in [6.07, 6.45) is 1.17. The highest BCUT2D eigenvalue weighted by Gasteiger charge is 2.07. The molecular formula is C18H18N2O3. The van der Waals surface area contributed by atoms with Gasteiger partial charge in [0.2, 0.25) is 0 Å². The smallest absolute Gasteiger partial charge is 0.138 e. The summed E-state index contributed by atoms with van der Waals surface area (Å²) in [5.74, 6) is 2.08. The summed E-state index contributed by atoms with van der Waals surface area (Å²) < 4.78 is 11.4. The van der Waals surface area contributed by atoms with Crippen molar-refractivity contribution >= 4 is 16.6 Å². The van der Waals surface area contributed by atoms with Crippen molar-refractivity contribution in [2.24, 2.45) is 0 Å². The third-order valence-corrected chi connectivity index (χ3v) is 3.27. The third kappa shape index (κ3) is 3.70. The van der Waals surface area contributed by atoms with Gasteiger partial charge in [0.15, 0.2) is 0 Å². The lowest BCUT2D eigenvalue weighted by molar-refractivity contribution is 0.123. The number of pyridine rings is 1. The minimum absolute atomic E-state index is 0.243. The van der Waals surface area contributed by atoms with Gasteiger partial charge in [-0.15, -0.1) is 0 Å². The largest absolute Gasteiger partial charge is 0.491 e. The van der Waals surface area contributed by atoms with E-state index < -0.39 is 6.10 Å². The SMILES string of the molecule is CC(O)COc1ccc2c(Oc3ccc(N)cc3)ccnc2c1. The summed E-state index contributed by atoms with van der Waals surface area (Å²) in [6, 6.07) is 14.6. The molecule has 0 saturated carbocycles. The van der Waals surface area contributed by atoms with E-state index in [0.717, 1.165) is 10.9 Å². The molecule has 0 bridgehead atoms. The molecule has 1 heterocycles. The van der Waals surface area contributed by atoms with E-state index in [1.165, 1.54) is 0 Å². The van der Waals surface area contributed by atoms with E-state index in [1.807, 2.05) is 36.4 Å². The molecule has 0 aliphatic heterocycles. The van der Waals surface area contributed by atoms with Crippen LogP contribution in [0.25, 0.3) is 10.9 Å². The molecule has 0 fully saturated rings. The van der Waals surface area contributed by atoms with Gasteiger partial charge in [0, 0.05) is 23.3 Å². The topological polar surface area (TPSA) is 77.6 Å². The van der Waals surface area contributed by atoms with E-state index in [-0.39, 0.29) is 6.61 Å². The zero-order valence-electron chi connectivity index (χ0n) is 12.8. The fraction of sp³-hybridized carbons (Fsp3) is 0.167. The van der Waals surface area contributed by atoms with Crippen LogP contribution in [-0.2, 0) is 0 Å². The highest BCUT2D eigenvalue weighted by Crippen LogP contribution is 2.31. The molecular weight excluding hydrogens is 292 g/mol. The van der Waals surface area contributed by atoms with E-state index in [9.17, 15) is 5.11 Å². The number of hydrogen-bond acceptors (Lipinski definition) is 5. The summed E-state index contributed by atoms with van der Waals surface area (Å²) in [6.45, 7) is 1.92. The second-order valence-electron chi connectivity index (χ2n) is 5.32. The number of anilines is 1. The number of aliphatic hydroxyl groups excluding tert-OH is 1. The van der Waals surface area contributed by atoms with Crippen LogP contribution in [0.1, 0.15) is 6.92 Å². The first-order valence-electron chi connectivity index (χ1n) is 7.35. The Balaban J connectivity index is 1.87. The average Bonchev–Trinajstić information content (AvgIpc) is 2.55. The lowest BCUT2D eigenvalue weighted by Crippen LogP contribution is -2.12. The molecule has 0 aliphatic rings. The predicted octanol–water partition coefficient (Wildman–Crippen LogP) is 3.37. The van der Waals surface area contributed by atoms with Crippen molar-refractivity contribution in [2.45, 2.75) is 13.0 Å². The van der Waals surface area contributed by atoms with Crippen LogP contribution < -0.4 is 15.2 Å². The molecule has 23 heavy (non-hydrogen) atoms. The Morgan fingerprint density at radius 3 is 2.57 bits per heavy atom. The van der Waals surface area contributed by atoms with Gasteiger partial charge in [-0.1, -0.05) is 0 Å². The first kappa shape index (κ1) is 15.1. The Morgan fingerprint density at radius 2 is 1.83 bits per heavy atom. The third-order valence-electron chi connectivity index (χ3n) is 3.27. The van der Waals surface area contributed by atoms with Gasteiger partial charge in [0.1, 0.15) is 23.9 Å². The molecule has 2 aromatic carbocycles. The van der Waals surface area contributed by atoms with Crippen molar-refractivity contribution in [1.82, 2.24) is 4.98 Å². The van der Waals surface area contributed by atoms with Gasteiger partial charge in [0.05, 0.1) is 11.6 Å². The lowest BCUT2D eigenvalue weighted by Gasteiger charge is -2.11. The monoisotopic (exact) mass is 310 g/mol. The molecule has 0 radical (unpaired) electrons. The van der Waals surface area contributed by atoms with Crippen molar-refractivity contribution in [3.05, 3.63) is 54.7 Å². The molecule has 1 atom stereocenters. The summed E-state index contributed by atoms with van der Waals surface area (Å²) in [5.41, 5.74) is 7.14. The molecule has 0 saturated heterocycles. The van der Waals surface area contributed by atoms with Crippen molar-refractivity contribution in [1.29, 1.82) is 0 Å². The molecule has 0 amide bonds. The van der Waals surface area contributed by atoms with E-state index in [0.29, 0.717) is 22.9 Å². The number of hydrogen-bond donors (Lipinski definition) is 2. The quantitative estimate of drug-likeness (QED) is 0.706. The number of ether oxygens (including phenoxy) is 2. The average molecular weight is 310 g/mol. The maximum Gasteiger partial charge on any atom is 0.138 e. The summed E-state index contributed by atoms with van der Waals surface area (Å²) in [4.78, 5) is 4.34. The fourth-order valence-electron chi connectivity index (χ4n) is 2.16. The van der Waals surface area contributed by atoms with Crippen molar-refractivity contribution in [2.75, 3.05) is 12.3 Å². The zero-order valence-corrected chi connectivity index (χ0v) is 12.8.